The molecule has 0 spiro atoms. The van der Waals surface area contributed by atoms with Crippen molar-refractivity contribution >= 4 is 17.0 Å². The molecule has 0 amide bonds. The maximum atomic E-state index is 5.48. The molecule has 2 heterocycles. The topological polar surface area (TPSA) is 16.9 Å². The van der Waals surface area contributed by atoms with Crippen LogP contribution in [0, 0.1) is 6.92 Å². The molecule has 3 nitrogen and oxygen atoms in total. The van der Waals surface area contributed by atoms with Gasteiger partial charge in [-0.15, -0.1) is 11.3 Å². The van der Waals surface area contributed by atoms with Crippen LogP contribution in [0.15, 0.2) is 35.7 Å². The van der Waals surface area contributed by atoms with Gasteiger partial charge in [-0.25, -0.2) is 0 Å². The molecule has 1 saturated heterocycles. The van der Waals surface area contributed by atoms with E-state index in [9.17, 15) is 0 Å². The summed E-state index contributed by atoms with van der Waals surface area (Å²) in [6, 6.07) is 10.6. The standard InChI is InChI=1S/C17H22N2OS/c1-14-7-12-21-17(14)13-18-8-10-19(11-9-18)15-5-3-4-6-16(15)20-2/h3-7,12H,8-11,13H2,1-2H3/p+1. The van der Waals surface area contributed by atoms with Crippen LogP contribution in [0.25, 0.3) is 0 Å². The number of nitrogens with one attached hydrogen (secondary N) is 1. The van der Waals surface area contributed by atoms with E-state index in [1.807, 2.05) is 23.5 Å². The summed E-state index contributed by atoms with van der Waals surface area (Å²) in [5, 5.41) is 2.20. The van der Waals surface area contributed by atoms with E-state index in [1.165, 1.54) is 35.8 Å². The first-order chi connectivity index (χ1) is 10.3. The van der Waals surface area contributed by atoms with Gasteiger partial charge in [-0.1, -0.05) is 12.1 Å². The molecule has 112 valence electrons. The van der Waals surface area contributed by atoms with E-state index in [-0.39, 0.29) is 0 Å². The van der Waals surface area contributed by atoms with Gasteiger partial charge in [0.25, 0.3) is 0 Å². The summed E-state index contributed by atoms with van der Waals surface area (Å²) in [5.41, 5.74) is 2.67. The van der Waals surface area contributed by atoms with Gasteiger partial charge in [0, 0.05) is 0 Å². The Bertz CT molecular complexity index is 588. The molecule has 1 aliphatic rings. The van der Waals surface area contributed by atoms with Gasteiger partial charge in [0.05, 0.1) is 43.9 Å². The molecule has 2 aromatic rings. The Balaban J connectivity index is 1.61. The minimum Gasteiger partial charge on any atom is -0.495 e. The molecule has 1 N–H and O–H groups in total. The molecule has 0 radical (unpaired) electrons. The minimum atomic E-state index is 0.982. The van der Waals surface area contributed by atoms with Crippen LogP contribution in [0.5, 0.6) is 5.75 Å². The molecule has 0 aliphatic carbocycles. The van der Waals surface area contributed by atoms with Gasteiger partial charge in [0.15, 0.2) is 0 Å². The van der Waals surface area contributed by atoms with Crippen molar-refractivity contribution in [1.82, 2.24) is 0 Å². The van der Waals surface area contributed by atoms with Crippen molar-refractivity contribution in [2.75, 3.05) is 38.2 Å². The van der Waals surface area contributed by atoms with Crippen molar-refractivity contribution in [1.29, 1.82) is 0 Å². The summed E-state index contributed by atoms with van der Waals surface area (Å²) in [6.45, 7) is 7.96. The van der Waals surface area contributed by atoms with Crippen LogP contribution in [-0.2, 0) is 6.54 Å². The third kappa shape index (κ3) is 3.22. The van der Waals surface area contributed by atoms with Crippen LogP contribution in [0.1, 0.15) is 10.4 Å². The summed E-state index contributed by atoms with van der Waals surface area (Å²) >= 11 is 1.89. The summed E-state index contributed by atoms with van der Waals surface area (Å²) in [4.78, 5) is 5.67. The fourth-order valence-electron chi connectivity index (χ4n) is 2.94. The Morgan fingerprint density at radius 1 is 1.19 bits per heavy atom. The zero-order chi connectivity index (χ0) is 14.7. The lowest BCUT2D eigenvalue weighted by molar-refractivity contribution is -0.914. The number of hydrogen-bond acceptors (Lipinski definition) is 3. The zero-order valence-electron chi connectivity index (χ0n) is 12.8. The number of thiophene rings is 1. The molecular weight excluding hydrogens is 280 g/mol. The summed E-state index contributed by atoms with van der Waals surface area (Å²) in [7, 11) is 1.75. The van der Waals surface area contributed by atoms with E-state index < -0.39 is 0 Å². The van der Waals surface area contributed by atoms with E-state index in [2.05, 4.69) is 35.4 Å². The number of hydrogen-bond donors (Lipinski definition) is 1. The predicted octanol–water partition coefficient (Wildman–Crippen LogP) is 1.97. The lowest BCUT2D eigenvalue weighted by Crippen LogP contribution is -3.13. The van der Waals surface area contributed by atoms with E-state index in [1.54, 1.807) is 12.0 Å². The first-order valence-corrected chi connectivity index (χ1v) is 8.40. The zero-order valence-corrected chi connectivity index (χ0v) is 13.6. The highest BCUT2D eigenvalue weighted by molar-refractivity contribution is 7.10. The number of piperazine rings is 1. The highest BCUT2D eigenvalue weighted by Gasteiger charge is 2.22. The number of ether oxygens (including phenoxy) is 1. The van der Waals surface area contributed by atoms with Crippen molar-refractivity contribution in [3.63, 3.8) is 0 Å². The number of nitrogens with zero attached hydrogens (tertiary/aromatic N) is 1. The molecular formula is C17H23N2OS+. The quantitative estimate of drug-likeness (QED) is 0.930. The van der Waals surface area contributed by atoms with Gasteiger partial charge in [0.2, 0.25) is 0 Å². The van der Waals surface area contributed by atoms with E-state index in [0.717, 1.165) is 18.8 Å². The highest BCUT2D eigenvalue weighted by Crippen LogP contribution is 2.27. The molecule has 3 rings (SSSR count). The second-order valence-corrected chi connectivity index (χ2v) is 6.61. The molecule has 0 unspecified atom stereocenters. The fourth-order valence-corrected chi connectivity index (χ4v) is 3.92. The third-order valence-corrected chi connectivity index (χ3v) is 5.30. The van der Waals surface area contributed by atoms with Crippen molar-refractivity contribution in [3.8, 4) is 5.75 Å². The number of para-hydroxylation sites is 2. The SMILES string of the molecule is COc1ccccc1N1CC[NH+](Cc2sccc2C)CC1. The van der Waals surface area contributed by atoms with Crippen LogP contribution >= 0.6 is 11.3 Å². The second-order valence-electron chi connectivity index (χ2n) is 5.61. The normalized spacial score (nSPS) is 16.2. The smallest absolute Gasteiger partial charge is 0.142 e. The van der Waals surface area contributed by atoms with E-state index >= 15 is 0 Å². The first kappa shape index (κ1) is 14.4. The van der Waals surface area contributed by atoms with Crippen LogP contribution in [0.4, 0.5) is 5.69 Å². The summed E-state index contributed by atoms with van der Waals surface area (Å²) in [6.07, 6.45) is 0. The molecule has 1 aromatic carbocycles. The maximum Gasteiger partial charge on any atom is 0.142 e. The number of rotatable bonds is 4. The van der Waals surface area contributed by atoms with Crippen LogP contribution in [-0.4, -0.2) is 33.3 Å². The van der Waals surface area contributed by atoms with E-state index in [4.69, 9.17) is 4.74 Å². The van der Waals surface area contributed by atoms with Crippen LogP contribution < -0.4 is 14.5 Å². The summed E-state index contributed by atoms with van der Waals surface area (Å²) in [5.74, 6) is 0.982. The van der Waals surface area contributed by atoms with Crippen LogP contribution in [0.3, 0.4) is 0 Å². The predicted molar refractivity (Wildman–Crippen MR) is 88.7 cm³/mol. The van der Waals surface area contributed by atoms with Crippen molar-refractivity contribution in [2.45, 2.75) is 13.5 Å². The Morgan fingerprint density at radius 2 is 1.95 bits per heavy atom. The molecule has 21 heavy (non-hydrogen) atoms. The van der Waals surface area contributed by atoms with E-state index in [0.29, 0.717) is 0 Å². The van der Waals surface area contributed by atoms with Gasteiger partial charge >= 0.3 is 0 Å². The molecule has 1 fully saturated rings. The minimum absolute atomic E-state index is 0.982. The number of anilines is 1. The van der Waals surface area contributed by atoms with Crippen molar-refractivity contribution < 1.29 is 9.64 Å². The van der Waals surface area contributed by atoms with Gasteiger partial charge < -0.3 is 14.5 Å². The third-order valence-electron chi connectivity index (χ3n) is 4.28. The fraction of sp³-hybridized carbons (Fsp3) is 0.412. The second kappa shape index (κ2) is 6.50. The van der Waals surface area contributed by atoms with Gasteiger partial charge in [-0.3, -0.25) is 0 Å². The Morgan fingerprint density at radius 3 is 2.62 bits per heavy atom. The van der Waals surface area contributed by atoms with Crippen LogP contribution in [0.2, 0.25) is 0 Å². The van der Waals surface area contributed by atoms with Gasteiger partial charge in [-0.05, 0) is 36.1 Å². The lowest BCUT2D eigenvalue weighted by atomic mass is 10.2. The maximum absolute atomic E-state index is 5.48. The number of quaternary nitrogens is 1. The Kier molecular flexibility index (Phi) is 4.46. The number of aryl methyl sites for hydroxylation is 1. The number of benzene rings is 1. The van der Waals surface area contributed by atoms with Gasteiger partial charge in [-0.2, -0.15) is 0 Å². The molecule has 1 aromatic heterocycles. The first-order valence-electron chi connectivity index (χ1n) is 7.52. The lowest BCUT2D eigenvalue weighted by Gasteiger charge is -2.34. The largest absolute Gasteiger partial charge is 0.495 e. The highest BCUT2D eigenvalue weighted by atomic mass is 32.1. The molecule has 0 bridgehead atoms. The molecule has 0 atom stereocenters. The monoisotopic (exact) mass is 303 g/mol. The Hall–Kier alpha value is -1.52. The van der Waals surface area contributed by atoms with Crippen molar-refractivity contribution in [2.24, 2.45) is 0 Å². The average molecular weight is 303 g/mol. The number of methoxy groups -OCH3 is 1. The van der Waals surface area contributed by atoms with Gasteiger partial charge in [0.1, 0.15) is 12.3 Å². The van der Waals surface area contributed by atoms with Crippen molar-refractivity contribution in [3.05, 3.63) is 46.2 Å². The average Bonchev–Trinajstić information content (AvgIpc) is 2.93. The molecule has 0 saturated carbocycles. The summed E-state index contributed by atoms with van der Waals surface area (Å²) < 4.78 is 5.48. The Labute approximate surface area is 130 Å². The molecule has 4 heteroatoms. The molecule has 1 aliphatic heterocycles.